The van der Waals surface area contributed by atoms with Crippen LogP contribution in [-0.2, 0) is 5.41 Å². The summed E-state index contributed by atoms with van der Waals surface area (Å²) in [5.74, 6) is 0. The van der Waals surface area contributed by atoms with E-state index in [0.29, 0.717) is 0 Å². The molecular weight excluding hydrogens is 196 g/mol. The normalized spacial score (nSPS) is 11.4. The van der Waals surface area contributed by atoms with Crippen LogP contribution < -0.4 is 0 Å². The lowest BCUT2D eigenvalue weighted by atomic mass is 9.86. The second-order valence-corrected chi connectivity index (χ2v) is 4.94. The molecule has 0 fully saturated rings. The van der Waals surface area contributed by atoms with Crippen LogP contribution in [0.5, 0.6) is 0 Å². The third kappa shape index (κ3) is 2.27. The first-order valence-corrected chi connectivity index (χ1v) is 5.46. The lowest BCUT2D eigenvalue weighted by Crippen LogP contribution is -2.10. The number of nitrogens with zero attached hydrogens (tertiary/aromatic N) is 2. The third-order valence-electron chi connectivity index (χ3n) is 2.62. The summed E-state index contributed by atoms with van der Waals surface area (Å²) in [5, 5.41) is 7.97. The first-order valence-electron chi connectivity index (χ1n) is 5.46. The summed E-state index contributed by atoms with van der Waals surface area (Å²) < 4.78 is 0. The van der Waals surface area contributed by atoms with E-state index in [4.69, 9.17) is 0 Å². The Bertz CT molecular complexity index is 452. The van der Waals surface area contributed by atoms with E-state index in [2.05, 4.69) is 55.2 Å². The number of rotatable bonds is 1. The van der Waals surface area contributed by atoms with Crippen molar-refractivity contribution in [2.24, 2.45) is 0 Å². The number of benzene rings is 1. The zero-order valence-corrected chi connectivity index (χ0v) is 9.94. The molecule has 2 nitrogen and oxygen atoms in total. The highest BCUT2D eigenvalue weighted by Crippen LogP contribution is 2.24. The standard InChI is InChI=1S/C14H16N2/c1-14(2,3)12-8-6-11(7-9-12)13-5-4-10-15-16-13/h4-10H,1-3H3. The van der Waals surface area contributed by atoms with Crippen molar-refractivity contribution in [3.05, 3.63) is 48.2 Å². The van der Waals surface area contributed by atoms with Crippen LogP contribution in [0.25, 0.3) is 11.3 Å². The van der Waals surface area contributed by atoms with Crippen molar-refractivity contribution in [3.8, 4) is 11.3 Å². The van der Waals surface area contributed by atoms with Crippen molar-refractivity contribution in [1.29, 1.82) is 0 Å². The fourth-order valence-electron chi connectivity index (χ4n) is 1.60. The van der Waals surface area contributed by atoms with Crippen molar-refractivity contribution in [1.82, 2.24) is 10.2 Å². The van der Waals surface area contributed by atoms with Gasteiger partial charge in [0, 0.05) is 11.8 Å². The SMILES string of the molecule is CC(C)(C)c1ccc(-c2cccnn2)cc1. The van der Waals surface area contributed by atoms with Gasteiger partial charge < -0.3 is 0 Å². The van der Waals surface area contributed by atoms with Gasteiger partial charge in [0.2, 0.25) is 0 Å². The van der Waals surface area contributed by atoms with E-state index in [-0.39, 0.29) is 5.41 Å². The zero-order chi connectivity index (χ0) is 11.6. The number of hydrogen-bond donors (Lipinski definition) is 0. The molecule has 0 aliphatic heterocycles. The van der Waals surface area contributed by atoms with Crippen molar-refractivity contribution in [2.75, 3.05) is 0 Å². The van der Waals surface area contributed by atoms with Crippen molar-refractivity contribution < 1.29 is 0 Å². The quantitative estimate of drug-likeness (QED) is 0.723. The Morgan fingerprint density at radius 2 is 1.62 bits per heavy atom. The van der Waals surface area contributed by atoms with Crippen LogP contribution in [0, 0.1) is 0 Å². The maximum atomic E-state index is 4.09. The van der Waals surface area contributed by atoms with Crippen LogP contribution in [0.15, 0.2) is 42.6 Å². The molecule has 0 radical (unpaired) electrons. The van der Waals surface area contributed by atoms with Crippen molar-refractivity contribution in [2.45, 2.75) is 26.2 Å². The van der Waals surface area contributed by atoms with Gasteiger partial charge in [0.25, 0.3) is 0 Å². The second kappa shape index (κ2) is 4.05. The molecular formula is C14H16N2. The average molecular weight is 212 g/mol. The van der Waals surface area contributed by atoms with Gasteiger partial charge in [-0.2, -0.15) is 10.2 Å². The summed E-state index contributed by atoms with van der Waals surface area (Å²) in [4.78, 5) is 0. The molecule has 2 heteroatoms. The molecule has 1 aromatic heterocycles. The Morgan fingerprint density at radius 1 is 0.938 bits per heavy atom. The van der Waals surface area contributed by atoms with Crippen molar-refractivity contribution >= 4 is 0 Å². The van der Waals surface area contributed by atoms with E-state index in [1.165, 1.54) is 5.56 Å². The Labute approximate surface area is 96.4 Å². The Kier molecular flexibility index (Phi) is 2.73. The molecule has 0 bridgehead atoms. The first kappa shape index (κ1) is 10.8. The lowest BCUT2D eigenvalue weighted by Gasteiger charge is -2.18. The molecule has 16 heavy (non-hydrogen) atoms. The minimum atomic E-state index is 0.195. The fraction of sp³-hybridized carbons (Fsp3) is 0.286. The summed E-state index contributed by atoms with van der Waals surface area (Å²) >= 11 is 0. The van der Waals surface area contributed by atoms with Crippen LogP contribution in [-0.4, -0.2) is 10.2 Å². The van der Waals surface area contributed by atoms with E-state index in [9.17, 15) is 0 Å². The molecule has 0 aliphatic carbocycles. The summed E-state index contributed by atoms with van der Waals surface area (Å²) in [6, 6.07) is 12.4. The molecule has 0 saturated heterocycles. The maximum Gasteiger partial charge on any atom is 0.0929 e. The van der Waals surface area contributed by atoms with Gasteiger partial charge in [-0.05, 0) is 23.1 Å². The molecule has 2 aromatic rings. The summed E-state index contributed by atoms with van der Waals surface area (Å²) in [7, 11) is 0. The maximum absolute atomic E-state index is 4.09. The minimum Gasteiger partial charge on any atom is -0.159 e. The largest absolute Gasteiger partial charge is 0.159 e. The van der Waals surface area contributed by atoms with Gasteiger partial charge in [-0.1, -0.05) is 45.0 Å². The van der Waals surface area contributed by atoms with E-state index < -0.39 is 0 Å². The van der Waals surface area contributed by atoms with Gasteiger partial charge in [0.15, 0.2) is 0 Å². The highest BCUT2D eigenvalue weighted by Gasteiger charge is 2.13. The van der Waals surface area contributed by atoms with Crippen LogP contribution in [0.4, 0.5) is 0 Å². The molecule has 0 N–H and O–H groups in total. The van der Waals surface area contributed by atoms with Crippen LogP contribution in [0.1, 0.15) is 26.3 Å². The number of aromatic nitrogens is 2. The van der Waals surface area contributed by atoms with E-state index in [0.717, 1.165) is 11.3 Å². The van der Waals surface area contributed by atoms with E-state index in [1.807, 2.05) is 12.1 Å². The molecule has 2 rings (SSSR count). The fourth-order valence-corrected chi connectivity index (χ4v) is 1.60. The topological polar surface area (TPSA) is 25.8 Å². The molecule has 1 heterocycles. The molecule has 0 atom stereocenters. The van der Waals surface area contributed by atoms with E-state index >= 15 is 0 Å². The van der Waals surface area contributed by atoms with Gasteiger partial charge in [-0.25, -0.2) is 0 Å². The molecule has 1 aromatic carbocycles. The Morgan fingerprint density at radius 3 is 2.12 bits per heavy atom. The lowest BCUT2D eigenvalue weighted by molar-refractivity contribution is 0.590. The van der Waals surface area contributed by atoms with E-state index in [1.54, 1.807) is 6.20 Å². The van der Waals surface area contributed by atoms with Crippen molar-refractivity contribution in [3.63, 3.8) is 0 Å². The monoisotopic (exact) mass is 212 g/mol. The first-order chi connectivity index (χ1) is 7.57. The summed E-state index contributed by atoms with van der Waals surface area (Å²) in [6.45, 7) is 6.64. The Hall–Kier alpha value is -1.70. The molecule has 0 saturated carbocycles. The van der Waals surface area contributed by atoms with Crippen LogP contribution >= 0.6 is 0 Å². The molecule has 0 spiro atoms. The predicted molar refractivity (Wildman–Crippen MR) is 66.2 cm³/mol. The average Bonchev–Trinajstić information content (AvgIpc) is 2.29. The smallest absolute Gasteiger partial charge is 0.0929 e. The Balaban J connectivity index is 2.34. The summed E-state index contributed by atoms with van der Waals surface area (Å²) in [6.07, 6.45) is 1.69. The molecule has 0 unspecified atom stereocenters. The van der Waals surface area contributed by atoms with Gasteiger partial charge in [0.1, 0.15) is 0 Å². The molecule has 0 amide bonds. The highest BCUT2D eigenvalue weighted by molar-refractivity contribution is 5.58. The van der Waals surface area contributed by atoms with Gasteiger partial charge in [0.05, 0.1) is 5.69 Å². The number of hydrogen-bond acceptors (Lipinski definition) is 2. The molecule has 0 aliphatic rings. The van der Waals surface area contributed by atoms with Gasteiger partial charge >= 0.3 is 0 Å². The second-order valence-electron chi connectivity index (χ2n) is 4.94. The summed E-state index contributed by atoms with van der Waals surface area (Å²) in [5.41, 5.74) is 3.56. The third-order valence-corrected chi connectivity index (χ3v) is 2.62. The van der Waals surface area contributed by atoms with Crippen LogP contribution in [0.2, 0.25) is 0 Å². The van der Waals surface area contributed by atoms with Gasteiger partial charge in [-0.15, -0.1) is 0 Å². The molecule has 82 valence electrons. The zero-order valence-electron chi connectivity index (χ0n) is 9.94. The van der Waals surface area contributed by atoms with Gasteiger partial charge in [-0.3, -0.25) is 0 Å². The van der Waals surface area contributed by atoms with Crippen LogP contribution in [0.3, 0.4) is 0 Å². The predicted octanol–water partition coefficient (Wildman–Crippen LogP) is 3.44. The highest BCUT2D eigenvalue weighted by atomic mass is 15.1. The minimum absolute atomic E-state index is 0.195.